The molecule has 0 aromatic heterocycles. The lowest BCUT2D eigenvalue weighted by Gasteiger charge is -2.32. The maximum Gasteiger partial charge on any atom is 0.309 e. The van der Waals surface area contributed by atoms with Gasteiger partial charge in [-0.05, 0) is 25.5 Å². The number of piperidine rings is 1. The zero-order valence-electron chi connectivity index (χ0n) is 11.6. The summed E-state index contributed by atoms with van der Waals surface area (Å²) in [5, 5.41) is 10.1. The number of methoxy groups -OCH3 is 1. The van der Waals surface area contributed by atoms with Crippen LogP contribution in [0.2, 0.25) is 0 Å². The van der Waals surface area contributed by atoms with Crippen LogP contribution in [0.4, 0.5) is 4.39 Å². The van der Waals surface area contributed by atoms with Crippen LogP contribution in [0.15, 0.2) is 24.3 Å². The van der Waals surface area contributed by atoms with Gasteiger partial charge in [0.05, 0.1) is 19.1 Å². The highest BCUT2D eigenvalue weighted by Crippen LogP contribution is 2.22. The van der Waals surface area contributed by atoms with E-state index in [-0.39, 0.29) is 11.9 Å². The minimum Gasteiger partial charge on any atom is -0.469 e. The number of halogens is 1. The van der Waals surface area contributed by atoms with Crippen molar-refractivity contribution in [1.82, 2.24) is 4.90 Å². The number of carbonyl (C=O) groups is 1. The quantitative estimate of drug-likeness (QED) is 0.854. The maximum absolute atomic E-state index is 13.6. The molecule has 1 aliphatic heterocycles. The number of nitrogens with zero attached hydrogens (tertiary/aromatic N) is 1. The van der Waals surface area contributed by atoms with Gasteiger partial charge in [-0.1, -0.05) is 18.2 Å². The smallest absolute Gasteiger partial charge is 0.309 e. The molecule has 5 heteroatoms. The van der Waals surface area contributed by atoms with Gasteiger partial charge in [0, 0.05) is 18.7 Å². The van der Waals surface area contributed by atoms with Gasteiger partial charge in [-0.3, -0.25) is 9.69 Å². The summed E-state index contributed by atoms with van der Waals surface area (Å²) < 4.78 is 18.4. The molecule has 1 aromatic rings. The monoisotopic (exact) mass is 281 g/mol. The molecule has 1 aromatic carbocycles. The van der Waals surface area contributed by atoms with Crippen LogP contribution in [0.5, 0.6) is 0 Å². The molecule has 2 atom stereocenters. The van der Waals surface area contributed by atoms with Crippen molar-refractivity contribution in [3.8, 4) is 0 Å². The number of aliphatic hydroxyl groups is 1. The fraction of sp³-hybridized carbons (Fsp3) is 0.533. The molecule has 4 nitrogen and oxygen atoms in total. The first kappa shape index (κ1) is 14.9. The average Bonchev–Trinajstić information content (AvgIpc) is 2.47. The minimum atomic E-state index is -0.882. The Hall–Kier alpha value is -1.46. The van der Waals surface area contributed by atoms with Gasteiger partial charge in [-0.25, -0.2) is 4.39 Å². The van der Waals surface area contributed by atoms with Gasteiger partial charge in [0.2, 0.25) is 0 Å². The summed E-state index contributed by atoms with van der Waals surface area (Å²) in [7, 11) is 1.38. The Balaban J connectivity index is 1.96. The Morgan fingerprint density at radius 3 is 3.00 bits per heavy atom. The molecule has 110 valence electrons. The molecule has 1 fully saturated rings. The fourth-order valence-corrected chi connectivity index (χ4v) is 2.67. The molecular formula is C15H20FNO3. The molecule has 0 aliphatic carbocycles. The number of hydrogen-bond donors (Lipinski definition) is 1. The molecule has 1 heterocycles. The van der Waals surface area contributed by atoms with Gasteiger partial charge in [0.1, 0.15) is 5.82 Å². The second kappa shape index (κ2) is 6.81. The van der Waals surface area contributed by atoms with E-state index in [2.05, 4.69) is 0 Å². The van der Waals surface area contributed by atoms with Crippen LogP contribution in [0.25, 0.3) is 0 Å². The average molecular weight is 281 g/mol. The first-order valence-electron chi connectivity index (χ1n) is 6.84. The number of hydrogen-bond acceptors (Lipinski definition) is 4. The van der Waals surface area contributed by atoms with Crippen molar-refractivity contribution in [2.75, 3.05) is 26.7 Å². The van der Waals surface area contributed by atoms with Gasteiger partial charge in [-0.15, -0.1) is 0 Å². The molecule has 1 saturated heterocycles. The summed E-state index contributed by atoms with van der Waals surface area (Å²) >= 11 is 0. The molecule has 1 aliphatic rings. The summed E-state index contributed by atoms with van der Waals surface area (Å²) in [4.78, 5) is 13.5. The molecule has 0 radical (unpaired) electrons. The Labute approximate surface area is 118 Å². The third-order valence-corrected chi connectivity index (χ3v) is 3.74. The van der Waals surface area contributed by atoms with E-state index in [9.17, 15) is 14.3 Å². The second-order valence-corrected chi connectivity index (χ2v) is 5.16. The van der Waals surface area contributed by atoms with Crippen LogP contribution in [-0.4, -0.2) is 42.7 Å². The number of ether oxygens (including phenoxy) is 1. The molecule has 1 N–H and O–H groups in total. The van der Waals surface area contributed by atoms with Crippen LogP contribution in [0, 0.1) is 11.7 Å². The van der Waals surface area contributed by atoms with E-state index in [0.717, 1.165) is 19.4 Å². The summed E-state index contributed by atoms with van der Waals surface area (Å²) in [5.41, 5.74) is 0.299. The Bertz CT molecular complexity index is 466. The number of likely N-dealkylation sites (tertiary alicyclic amines) is 1. The first-order valence-corrected chi connectivity index (χ1v) is 6.84. The maximum atomic E-state index is 13.6. The normalized spacial score (nSPS) is 21.4. The minimum absolute atomic E-state index is 0.151. The Morgan fingerprint density at radius 1 is 1.55 bits per heavy atom. The highest BCUT2D eigenvalue weighted by molar-refractivity contribution is 5.72. The molecule has 20 heavy (non-hydrogen) atoms. The van der Waals surface area contributed by atoms with E-state index in [1.165, 1.54) is 13.2 Å². The van der Waals surface area contributed by atoms with Gasteiger partial charge < -0.3 is 9.84 Å². The predicted octanol–water partition coefficient (Wildman–Crippen LogP) is 1.74. The highest BCUT2D eigenvalue weighted by Gasteiger charge is 2.28. The highest BCUT2D eigenvalue weighted by atomic mass is 19.1. The molecule has 0 bridgehead atoms. The largest absolute Gasteiger partial charge is 0.469 e. The third-order valence-electron chi connectivity index (χ3n) is 3.74. The number of aliphatic hydroxyl groups excluding tert-OH is 1. The lowest BCUT2D eigenvalue weighted by molar-refractivity contribution is -0.147. The van der Waals surface area contributed by atoms with Crippen LogP contribution >= 0.6 is 0 Å². The van der Waals surface area contributed by atoms with Gasteiger partial charge in [0.25, 0.3) is 0 Å². The summed E-state index contributed by atoms with van der Waals surface area (Å²) in [6.07, 6.45) is 0.801. The van der Waals surface area contributed by atoms with E-state index < -0.39 is 11.9 Å². The summed E-state index contributed by atoms with van der Waals surface area (Å²) in [6.45, 7) is 1.69. The van der Waals surface area contributed by atoms with Gasteiger partial charge in [-0.2, -0.15) is 0 Å². The molecule has 2 rings (SSSR count). The first-order chi connectivity index (χ1) is 9.61. The van der Waals surface area contributed by atoms with E-state index in [0.29, 0.717) is 18.7 Å². The molecule has 0 saturated carbocycles. The SMILES string of the molecule is COC(=O)C1CCCN(CC(O)c2ccccc2F)C1. The van der Waals surface area contributed by atoms with Crippen LogP contribution < -0.4 is 0 Å². The zero-order valence-corrected chi connectivity index (χ0v) is 11.6. The van der Waals surface area contributed by atoms with Crippen molar-refractivity contribution in [3.63, 3.8) is 0 Å². The standard InChI is InChI=1S/C15H20FNO3/c1-20-15(19)11-5-4-8-17(9-11)10-14(18)12-6-2-3-7-13(12)16/h2-3,6-7,11,14,18H,4-5,8-10H2,1H3. The van der Waals surface area contributed by atoms with Crippen molar-refractivity contribution in [1.29, 1.82) is 0 Å². The van der Waals surface area contributed by atoms with Crippen molar-refractivity contribution >= 4 is 5.97 Å². The molecule has 0 spiro atoms. The fourth-order valence-electron chi connectivity index (χ4n) is 2.67. The third kappa shape index (κ3) is 3.55. The number of carbonyl (C=O) groups excluding carboxylic acids is 1. The van der Waals surface area contributed by atoms with Gasteiger partial charge >= 0.3 is 5.97 Å². The molecule has 2 unspecified atom stereocenters. The lowest BCUT2D eigenvalue weighted by atomic mass is 9.97. The Kier molecular flexibility index (Phi) is 5.09. The number of benzene rings is 1. The summed E-state index contributed by atoms with van der Waals surface area (Å²) in [5.74, 6) is -0.766. The van der Waals surface area contributed by atoms with Crippen LogP contribution in [0.3, 0.4) is 0 Å². The van der Waals surface area contributed by atoms with E-state index in [1.807, 2.05) is 4.90 Å². The predicted molar refractivity (Wildman–Crippen MR) is 72.5 cm³/mol. The van der Waals surface area contributed by atoms with Crippen molar-refractivity contribution in [2.45, 2.75) is 18.9 Å². The number of esters is 1. The molecule has 0 amide bonds. The number of β-amino-alcohol motifs (C(OH)–C–C–N with tert-alkyl or cyclic N) is 1. The topological polar surface area (TPSA) is 49.8 Å². The summed E-state index contributed by atoms with van der Waals surface area (Å²) in [6, 6.07) is 6.22. The van der Waals surface area contributed by atoms with Crippen LogP contribution in [-0.2, 0) is 9.53 Å². The lowest BCUT2D eigenvalue weighted by Crippen LogP contribution is -2.41. The van der Waals surface area contributed by atoms with E-state index in [4.69, 9.17) is 4.74 Å². The zero-order chi connectivity index (χ0) is 14.5. The number of rotatable bonds is 4. The van der Waals surface area contributed by atoms with Crippen molar-refractivity contribution in [2.24, 2.45) is 5.92 Å². The van der Waals surface area contributed by atoms with E-state index in [1.54, 1.807) is 18.2 Å². The van der Waals surface area contributed by atoms with E-state index >= 15 is 0 Å². The second-order valence-electron chi connectivity index (χ2n) is 5.16. The van der Waals surface area contributed by atoms with Crippen molar-refractivity contribution in [3.05, 3.63) is 35.6 Å². The van der Waals surface area contributed by atoms with Gasteiger partial charge in [0.15, 0.2) is 0 Å². The Morgan fingerprint density at radius 2 is 2.30 bits per heavy atom. The molecular weight excluding hydrogens is 261 g/mol. The van der Waals surface area contributed by atoms with Crippen LogP contribution in [0.1, 0.15) is 24.5 Å². The van der Waals surface area contributed by atoms with Crippen molar-refractivity contribution < 1.29 is 19.0 Å².